The molecule has 0 unspecified atom stereocenters. The summed E-state index contributed by atoms with van der Waals surface area (Å²) in [6, 6.07) is 0. The number of anilines is 1. The van der Waals surface area contributed by atoms with Crippen molar-refractivity contribution < 1.29 is 19.0 Å². The minimum atomic E-state index is -0.839. The molecule has 2 aliphatic rings. The van der Waals surface area contributed by atoms with Gasteiger partial charge in [-0.25, -0.2) is 15.0 Å². The molecule has 2 aromatic rings. The van der Waals surface area contributed by atoms with Gasteiger partial charge in [-0.3, -0.25) is 9.36 Å². The first-order chi connectivity index (χ1) is 12.4. The van der Waals surface area contributed by atoms with Crippen LogP contribution in [0.25, 0.3) is 11.2 Å². The molecule has 4 atom stereocenters. The third-order valence-electron chi connectivity index (χ3n) is 4.39. The van der Waals surface area contributed by atoms with E-state index < -0.39 is 30.3 Å². The van der Waals surface area contributed by atoms with Gasteiger partial charge >= 0.3 is 0 Å². The second kappa shape index (κ2) is 6.13. The van der Waals surface area contributed by atoms with Crippen molar-refractivity contribution in [1.82, 2.24) is 24.8 Å². The Morgan fingerprint density at radius 1 is 1.31 bits per heavy atom. The van der Waals surface area contributed by atoms with Crippen molar-refractivity contribution in [2.24, 2.45) is 5.73 Å². The summed E-state index contributed by atoms with van der Waals surface area (Å²) in [5.41, 5.74) is 12.3. The van der Waals surface area contributed by atoms with Crippen molar-refractivity contribution in [2.45, 2.75) is 44.2 Å². The maximum Gasteiger partial charge on any atom is 0.252 e. The van der Waals surface area contributed by atoms with Gasteiger partial charge in [0.05, 0.1) is 6.33 Å². The number of nitrogen functional groups attached to an aromatic ring is 1. The summed E-state index contributed by atoms with van der Waals surface area (Å²) < 4.78 is 19.6. The molecule has 2 aromatic heterocycles. The lowest BCUT2D eigenvalue weighted by atomic mass is 10.1. The van der Waals surface area contributed by atoms with Gasteiger partial charge in [-0.05, 0) is 13.8 Å². The first-order valence-corrected chi connectivity index (χ1v) is 8.33. The Labute approximate surface area is 149 Å². The van der Waals surface area contributed by atoms with Crippen LogP contribution in [0, 0.1) is 0 Å². The lowest BCUT2D eigenvalue weighted by molar-refractivity contribution is -0.197. The number of imidazole rings is 1. The lowest BCUT2D eigenvalue weighted by Gasteiger charge is -2.24. The quantitative estimate of drug-likeness (QED) is 0.614. The molecule has 140 valence electrons. The normalized spacial score (nSPS) is 29.8. The maximum absolute atomic E-state index is 12.5. The molecule has 0 aliphatic carbocycles. The van der Waals surface area contributed by atoms with E-state index in [0.717, 1.165) is 0 Å². The summed E-state index contributed by atoms with van der Waals surface area (Å²) in [5.74, 6) is -0.869. The number of nitrogens with two attached hydrogens (primary N) is 2. The van der Waals surface area contributed by atoms with Gasteiger partial charge < -0.3 is 31.0 Å². The van der Waals surface area contributed by atoms with Gasteiger partial charge in [-0.15, -0.1) is 0 Å². The number of nitrogens with zero attached hydrogens (tertiary/aromatic N) is 4. The third kappa shape index (κ3) is 2.69. The molecule has 4 heterocycles. The van der Waals surface area contributed by atoms with Crippen molar-refractivity contribution in [2.75, 3.05) is 18.8 Å². The fourth-order valence-corrected chi connectivity index (χ4v) is 3.36. The zero-order valence-corrected chi connectivity index (χ0v) is 14.5. The second-order valence-electron chi connectivity index (χ2n) is 6.67. The van der Waals surface area contributed by atoms with E-state index in [1.807, 2.05) is 0 Å². The number of ether oxygens (including phenoxy) is 3. The van der Waals surface area contributed by atoms with Gasteiger partial charge in [0.1, 0.15) is 24.1 Å². The van der Waals surface area contributed by atoms with Gasteiger partial charge in [0.25, 0.3) is 5.91 Å². The predicted molar refractivity (Wildman–Crippen MR) is 89.5 cm³/mol. The van der Waals surface area contributed by atoms with E-state index in [0.29, 0.717) is 24.3 Å². The molecule has 26 heavy (non-hydrogen) atoms. The summed E-state index contributed by atoms with van der Waals surface area (Å²) in [6.07, 6.45) is 0.344. The summed E-state index contributed by atoms with van der Waals surface area (Å²) in [4.78, 5) is 24.9. The molecule has 0 radical (unpaired) electrons. The number of rotatable bonds is 4. The van der Waals surface area contributed by atoms with Gasteiger partial charge in [0, 0.05) is 13.1 Å². The van der Waals surface area contributed by atoms with Crippen LogP contribution in [-0.2, 0) is 19.0 Å². The second-order valence-corrected chi connectivity index (χ2v) is 6.67. The van der Waals surface area contributed by atoms with Crippen molar-refractivity contribution in [3.05, 3.63) is 12.7 Å². The third-order valence-corrected chi connectivity index (χ3v) is 4.39. The summed E-state index contributed by atoms with van der Waals surface area (Å²) in [7, 11) is 0. The standard InChI is InChI=1S/C15H21N7O4/c1-15(2)25-8-9(13(23)18-4-3-16)24-14(10(8)26-15)22-6-21-7-11(17)19-5-20-12(7)22/h5-6,8-10,14H,3-4,16H2,1-2H3,(H,18,23)(H2,17,19,20)/t8-,9+,10-,14-/m1/s1. The van der Waals surface area contributed by atoms with E-state index in [2.05, 4.69) is 20.3 Å². The minimum absolute atomic E-state index is 0.268. The molecule has 0 aromatic carbocycles. The van der Waals surface area contributed by atoms with E-state index in [4.69, 9.17) is 25.7 Å². The number of aromatic nitrogens is 4. The Bertz CT molecular complexity index is 839. The van der Waals surface area contributed by atoms with Crippen LogP contribution in [0.3, 0.4) is 0 Å². The number of carbonyl (C=O) groups is 1. The molecular formula is C15H21N7O4. The van der Waals surface area contributed by atoms with Gasteiger partial charge in [-0.1, -0.05) is 0 Å². The molecule has 11 heteroatoms. The minimum Gasteiger partial charge on any atom is -0.382 e. The van der Waals surface area contributed by atoms with Crippen molar-refractivity contribution >= 4 is 22.9 Å². The van der Waals surface area contributed by atoms with Crippen LogP contribution in [0.2, 0.25) is 0 Å². The number of fused-ring (bicyclic) bond motifs is 2. The smallest absolute Gasteiger partial charge is 0.252 e. The predicted octanol–water partition coefficient (Wildman–Crippen LogP) is -1.10. The molecule has 2 fully saturated rings. The SMILES string of the molecule is CC1(C)O[C@@H]2[C@H](O1)[C@@H](C(=O)NCCN)O[C@H]2n1cnc2c(N)ncnc21. The van der Waals surface area contributed by atoms with Crippen LogP contribution < -0.4 is 16.8 Å². The Morgan fingerprint density at radius 3 is 2.85 bits per heavy atom. The van der Waals surface area contributed by atoms with Crippen LogP contribution in [-0.4, -0.2) is 62.6 Å². The zero-order valence-electron chi connectivity index (χ0n) is 14.5. The number of carbonyl (C=O) groups excluding carboxylic acids is 1. The molecule has 4 rings (SSSR count). The van der Waals surface area contributed by atoms with Crippen LogP contribution in [0.4, 0.5) is 5.82 Å². The van der Waals surface area contributed by atoms with Crippen molar-refractivity contribution in [3.8, 4) is 0 Å². The average molecular weight is 363 g/mol. The highest BCUT2D eigenvalue weighted by Gasteiger charge is 2.58. The molecule has 0 spiro atoms. The number of amides is 1. The highest BCUT2D eigenvalue weighted by atomic mass is 16.8. The highest BCUT2D eigenvalue weighted by molar-refractivity contribution is 5.83. The summed E-state index contributed by atoms with van der Waals surface area (Å²) in [5, 5.41) is 2.73. The average Bonchev–Trinajstić information content (AvgIpc) is 3.24. The molecule has 2 aliphatic heterocycles. The number of hydrogen-bond donors (Lipinski definition) is 3. The molecule has 0 saturated carbocycles. The molecule has 1 amide bonds. The maximum atomic E-state index is 12.5. The van der Waals surface area contributed by atoms with Crippen molar-refractivity contribution in [1.29, 1.82) is 0 Å². The van der Waals surface area contributed by atoms with Crippen molar-refractivity contribution in [3.63, 3.8) is 0 Å². The monoisotopic (exact) mass is 363 g/mol. The molecule has 5 N–H and O–H groups in total. The van der Waals surface area contributed by atoms with Gasteiger partial charge in [-0.2, -0.15) is 0 Å². The Hall–Kier alpha value is -2.34. The highest BCUT2D eigenvalue weighted by Crippen LogP contribution is 2.43. The van der Waals surface area contributed by atoms with E-state index in [1.165, 1.54) is 6.33 Å². The largest absolute Gasteiger partial charge is 0.382 e. The Morgan fingerprint density at radius 2 is 2.08 bits per heavy atom. The molecule has 0 bridgehead atoms. The zero-order chi connectivity index (χ0) is 18.5. The first kappa shape index (κ1) is 17.1. The van der Waals surface area contributed by atoms with E-state index in [9.17, 15) is 4.79 Å². The van der Waals surface area contributed by atoms with Crippen LogP contribution >= 0.6 is 0 Å². The van der Waals surface area contributed by atoms with E-state index in [-0.39, 0.29) is 11.7 Å². The topological polar surface area (TPSA) is 152 Å². The molecule has 2 saturated heterocycles. The fourth-order valence-electron chi connectivity index (χ4n) is 3.36. The fraction of sp³-hybridized carbons (Fsp3) is 0.600. The summed E-state index contributed by atoms with van der Waals surface area (Å²) >= 11 is 0. The Balaban J connectivity index is 1.69. The number of nitrogens with one attached hydrogen (secondary N) is 1. The number of hydrogen-bond acceptors (Lipinski definition) is 9. The van der Waals surface area contributed by atoms with Crippen LogP contribution in [0.5, 0.6) is 0 Å². The molecule has 11 nitrogen and oxygen atoms in total. The summed E-state index contributed by atoms with van der Waals surface area (Å²) in [6.45, 7) is 4.27. The van der Waals surface area contributed by atoms with E-state index >= 15 is 0 Å². The lowest BCUT2D eigenvalue weighted by Crippen LogP contribution is -2.44. The molecular weight excluding hydrogens is 342 g/mol. The van der Waals surface area contributed by atoms with Crippen LogP contribution in [0.15, 0.2) is 12.7 Å². The van der Waals surface area contributed by atoms with Gasteiger partial charge in [0.2, 0.25) is 0 Å². The Kier molecular flexibility index (Phi) is 4.03. The first-order valence-electron chi connectivity index (χ1n) is 8.33. The van der Waals surface area contributed by atoms with Crippen LogP contribution in [0.1, 0.15) is 20.1 Å². The van der Waals surface area contributed by atoms with E-state index in [1.54, 1.807) is 24.7 Å². The van der Waals surface area contributed by atoms with Gasteiger partial charge in [0.15, 0.2) is 29.6 Å².